The molecule has 1 aliphatic carbocycles. The van der Waals surface area contributed by atoms with Crippen molar-refractivity contribution >= 4 is 0 Å². The number of hydrogen-bond acceptors (Lipinski definition) is 3. The minimum Gasteiger partial charge on any atom is -0.379 e. The lowest BCUT2D eigenvalue weighted by Gasteiger charge is -2.35. The molecule has 0 amide bonds. The van der Waals surface area contributed by atoms with Crippen molar-refractivity contribution < 1.29 is 9.47 Å². The molecule has 88 valence electrons. The minimum absolute atomic E-state index is 0.133. The molecule has 2 fully saturated rings. The Morgan fingerprint density at radius 1 is 1.27 bits per heavy atom. The van der Waals surface area contributed by atoms with Gasteiger partial charge in [-0.25, -0.2) is 0 Å². The molecule has 0 aromatic heterocycles. The fraction of sp³-hybridized carbons (Fsp3) is 1.00. The Labute approximate surface area is 92.3 Å². The summed E-state index contributed by atoms with van der Waals surface area (Å²) in [5, 5.41) is 0. The van der Waals surface area contributed by atoms with Gasteiger partial charge in [-0.15, -0.1) is 0 Å². The van der Waals surface area contributed by atoms with Crippen LogP contribution in [0.2, 0.25) is 0 Å². The maximum Gasteiger partial charge on any atom is 0.0963 e. The van der Waals surface area contributed by atoms with Crippen LogP contribution in [0.1, 0.15) is 39.0 Å². The molecule has 0 radical (unpaired) electrons. The Bertz CT molecular complexity index is 198. The van der Waals surface area contributed by atoms with Crippen molar-refractivity contribution in [1.29, 1.82) is 0 Å². The maximum atomic E-state index is 6.06. The SMILES string of the molecule is CC1CCCC(OC2COCCC2N)C1. The van der Waals surface area contributed by atoms with Crippen molar-refractivity contribution in [3.05, 3.63) is 0 Å². The highest BCUT2D eigenvalue weighted by atomic mass is 16.5. The maximum absolute atomic E-state index is 6.06. The molecule has 2 aliphatic rings. The predicted molar refractivity (Wildman–Crippen MR) is 59.7 cm³/mol. The van der Waals surface area contributed by atoms with E-state index in [-0.39, 0.29) is 12.1 Å². The van der Waals surface area contributed by atoms with E-state index in [4.69, 9.17) is 15.2 Å². The third-order valence-electron chi connectivity index (χ3n) is 3.61. The van der Waals surface area contributed by atoms with Gasteiger partial charge in [-0.05, 0) is 25.2 Å². The summed E-state index contributed by atoms with van der Waals surface area (Å²) in [6.07, 6.45) is 6.55. The van der Waals surface area contributed by atoms with Gasteiger partial charge in [-0.3, -0.25) is 0 Å². The second-order valence-corrected chi connectivity index (χ2v) is 5.10. The molecule has 0 bridgehead atoms. The van der Waals surface area contributed by atoms with Gasteiger partial charge in [0, 0.05) is 12.6 Å². The van der Waals surface area contributed by atoms with Crippen molar-refractivity contribution in [2.45, 2.75) is 57.3 Å². The largest absolute Gasteiger partial charge is 0.379 e. The molecule has 3 heteroatoms. The van der Waals surface area contributed by atoms with Crippen LogP contribution in [-0.4, -0.2) is 31.5 Å². The van der Waals surface area contributed by atoms with Crippen LogP contribution in [-0.2, 0) is 9.47 Å². The van der Waals surface area contributed by atoms with E-state index in [1.165, 1.54) is 25.7 Å². The van der Waals surface area contributed by atoms with Gasteiger partial charge in [0.25, 0.3) is 0 Å². The Balaban J connectivity index is 1.79. The lowest BCUT2D eigenvalue weighted by Crippen LogP contribution is -2.46. The zero-order chi connectivity index (χ0) is 10.7. The molecule has 2 rings (SSSR count). The summed E-state index contributed by atoms with van der Waals surface area (Å²) < 4.78 is 11.5. The number of ether oxygens (including phenoxy) is 2. The lowest BCUT2D eigenvalue weighted by molar-refractivity contribution is -0.106. The topological polar surface area (TPSA) is 44.5 Å². The molecule has 0 spiro atoms. The van der Waals surface area contributed by atoms with Crippen LogP contribution in [0.5, 0.6) is 0 Å². The second-order valence-electron chi connectivity index (χ2n) is 5.10. The van der Waals surface area contributed by atoms with Crippen molar-refractivity contribution in [1.82, 2.24) is 0 Å². The van der Waals surface area contributed by atoms with Crippen LogP contribution in [0, 0.1) is 5.92 Å². The first-order chi connectivity index (χ1) is 7.25. The highest BCUT2D eigenvalue weighted by molar-refractivity contribution is 4.80. The van der Waals surface area contributed by atoms with Gasteiger partial charge in [0.15, 0.2) is 0 Å². The second kappa shape index (κ2) is 5.28. The van der Waals surface area contributed by atoms with Gasteiger partial charge in [0.1, 0.15) is 0 Å². The summed E-state index contributed by atoms with van der Waals surface area (Å²) in [4.78, 5) is 0. The molecule has 0 aromatic rings. The summed E-state index contributed by atoms with van der Waals surface area (Å²) in [5.74, 6) is 0.810. The molecule has 1 saturated carbocycles. The number of hydrogen-bond donors (Lipinski definition) is 1. The minimum atomic E-state index is 0.133. The van der Waals surface area contributed by atoms with Gasteiger partial charge in [0.05, 0.1) is 18.8 Å². The van der Waals surface area contributed by atoms with Gasteiger partial charge in [0.2, 0.25) is 0 Å². The van der Waals surface area contributed by atoms with E-state index in [0.29, 0.717) is 12.7 Å². The first kappa shape index (κ1) is 11.4. The van der Waals surface area contributed by atoms with Crippen molar-refractivity contribution in [3.8, 4) is 0 Å². The molecule has 0 aromatic carbocycles. The van der Waals surface area contributed by atoms with Gasteiger partial charge >= 0.3 is 0 Å². The average molecular weight is 213 g/mol. The molecule has 4 atom stereocenters. The van der Waals surface area contributed by atoms with E-state index in [9.17, 15) is 0 Å². The number of nitrogens with two attached hydrogens (primary N) is 1. The Morgan fingerprint density at radius 3 is 2.87 bits per heavy atom. The molecular formula is C12H23NO2. The normalized spacial score (nSPS) is 42.8. The van der Waals surface area contributed by atoms with Crippen LogP contribution in [0.25, 0.3) is 0 Å². The van der Waals surface area contributed by atoms with E-state index < -0.39 is 0 Å². The van der Waals surface area contributed by atoms with E-state index >= 15 is 0 Å². The fourth-order valence-electron chi connectivity index (χ4n) is 2.62. The average Bonchev–Trinajstić information content (AvgIpc) is 2.22. The standard InChI is InChI=1S/C12H23NO2/c1-9-3-2-4-10(7-9)15-12-8-14-6-5-11(12)13/h9-12H,2-8,13H2,1H3. The van der Waals surface area contributed by atoms with E-state index in [1.807, 2.05) is 0 Å². The molecule has 1 heterocycles. The zero-order valence-corrected chi connectivity index (χ0v) is 9.65. The molecule has 2 N–H and O–H groups in total. The number of rotatable bonds is 2. The lowest BCUT2D eigenvalue weighted by atomic mass is 9.88. The predicted octanol–water partition coefficient (Wildman–Crippen LogP) is 1.70. The van der Waals surface area contributed by atoms with Crippen LogP contribution >= 0.6 is 0 Å². The van der Waals surface area contributed by atoms with Crippen molar-refractivity contribution in [2.24, 2.45) is 11.7 Å². The smallest absolute Gasteiger partial charge is 0.0963 e. The first-order valence-electron chi connectivity index (χ1n) is 6.24. The molecular weight excluding hydrogens is 190 g/mol. The van der Waals surface area contributed by atoms with Crippen molar-refractivity contribution in [3.63, 3.8) is 0 Å². The fourth-order valence-corrected chi connectivity index (χ4v) is 2.62. The summed E-state index contributed by atoms with van der Waals surface area (Å²) >= 11 is 0. The summed E-state index contributed by atoms with van der Waals surface area (Å²) in [6, 6.07) is 0.177. The highest BCUT2D eigenvalue weighted by Gasteiger charge is 2.28. The van der Waals surface area contributed by atoms with Crippen LogP contribution < -0.4 is 5.73 Å². The summed E-state index contributed by atoms with van der Waals surface area (Å²) in [6.45, 7) is 3.79. The van der Waals surface area contributed by atoms with Crippen molar-refractivity contribution in [2.75, 3.05) is 13.2 Å². The Kier molecular flexibility index (Phi) is 4.00. The third-order valence-corrected chi connectivity index (χ3v) is 3.61. The van der Waals surface area contributed by atoms with E-state index in [1.54, 1.807) is 0 Å². The molecule has 1 aliphatic heterocycles. The van der Waals surface area contributed by atoms with Crippen LogP contribution in [0.15, 0.2) is 0 Å². The zero-order valence-electron chi connectivity index (χ0n) is 9.65. The first-order valence-corrected chi connectivity index (χ1v) is 6.24. The van der Waals surface area contributed by atoms with E-state index in [2.05, 4.69) is 6.92 Å². The van der Waals surface area contributed by atoms with Gasteiger partial charge in [-0.2, -0.15) is 0 Å². The van der Waals surface area contributed by atoms with Crippen LogP contribution in [0.3, 0.4) is 0 Å². The monoisotopic (exact) mass is 213 g/mol. The van der Waals surface area contributed by atoms with Gasteiger partial charge in [-0.1, -0.05) is 19.8 Å². The Morgan fingerprint density at radius 2 is 2.13 bits per heavy atom. The molecule has 3 nitrogen and oxygen atoms in total. The summed E-state index contributed by atoms with van der Waals surface area (Å²) in [7, 11) is 0. The van der Waals surface area contributed by atoms with Crippen LogP contribution in [0.4, 0.5) is 0 Å². The van der Waals surface area contributed by atoms with Gasteiger partial charge < -0.3 is 15.2 Å². The molecule has 1 saturated heterocycles. The third kappa shape index (κ3) is 3.16. The Hall–Kier alpha value is -0.120. The molecule has 4 unspecified atom stereocenters. The van der Waals surface area contributed by atoms with E-state index in [0.717, 1.165) is 18.9 Å². The molecule has 15 heavy (non-hydrogen) atoms. The highest BCUT2D eigenvalue weighted by Crippen LogP contribution is 2.27. The summed E-state index contributed by atoms with van der Waals surface area (Å²) in [5.41, 5.74) is 6.03. The quantitative estimate of drug-likeness (QED) is 0.759.